The van der Waals surface area contributed by atoms with E-state index in [1.165, 1.54) is 0 Å². The quantitative estimate of drug-likeness (QED) is 0.426. The number of hydrogen-bond acceptors (Lipinski definition) is 6. The first kappa shape index (κ1) is 22.0. The molecule has 0 radical (unpaired) electrons. The number of ether oxygens (including phenoxy) is 2. The minimum Gasteiger partial charge on any atom is -0.506 e. The second-order valence-electron chi connectivity index (χ2n) is 7.16. The molecule has 0 amide bonds. The Morgan fingerprint density at radius 2 is 2.06 bits per heavy atom. The van der Waals surface area contributed by atoms with Crippen molar-refractivity contribution in [2.45, 2.75) is 30.2 Å². The molecule has 4 rings (SSSR count). The number of carbonyl (C=O) groups excluding carboxylic acids is 1. The Balaban J connectivity index is 1.75. The average Bonchev–Trinajstić information content (AvgIpc) is 3.30. The van der Waals surface area contributed by atoms with E-state index in [0.29, 0.717) is 28.3 Å². The van der Waals surface area contributed by atoms with Crippen molar-refractivity contribution in [1.29, 1.82) is 0 Å². The topological polar surface area (TPSA) is 90.7 Å². The summed E-state index contributed by atoms with van der Waals surface area (Å²) in [6, 6.07) is 14.2. The van der Waals surface area contributed by atoms with Gasteiger partial charge in [-0.05, 0) is 49.2 Å². The molecule has 2 aromatic carbocycles. The number of aromatic hydroxyl groups is 1. The molecule has 2 unspecified atom stereocenters. The van der Waals surface area contributed by atoms with E-state index in [4.69, 9.17) is 9.47 Å². The highest BCUT2D eigenvalue weighted by atomic mass is 32.2. The van der Waals surface area contributed by atoms with Gasteiger partial charge in [0, 0.05) is 16.7 Å². The molecule has 0 fully saturated rings. The zero-order valence-electron chi connectivity index (χ0n) is 17.6. The van der Waals surface area contributed by atoms with Gasteiger partial charge in [0.25, 0.3) is 0 Å². The van der Waals surface area contributed by atoms with Gasteiger partial charge < -0.3 is 14.6 Å². The zero-order chi connectivity index (χ0) is 22.5. The summed E-state index contributed by atoms with van der Waals surface area (Å²) in [5.41, 5.74) is 1.48. The highest BCUT2D eigenvalue weighted by molar-refractivity contribution is 7.84. The Morgan fingerprint density at radius 1 is 1.25 bits per heavy atom. The number of carbonyl (C=O) groups is 1. The van der Waals surface area contributed by atoms with Crippen LogP contribution in [-0.2, 0) is 26.0 Å². The summed E-state index contributed by atoms with van der Waals surface area (Å²) >= 11 is 0. The van der Waals surface area contributed by atoms with E-state index < -0.39 is 23.0 Å². The van der Waals surface area contributed by atoms with Gasteiger partial charge in [-0.15, -0.1) is 0 Å². The van der Waals surface area contributed by atoms with E-state index in [9.17, 15) is 14.1 Å². The van der Waals surface area contributed by atoms with E-state index >= 15 is 0 Å². The van der Waals surface area contributed by atoms with Crippen LogP contribution in [0.3, 0.4) is 0 Å². The van der Waals surface area contributed by atoms with E-state index in [1.54, 1.807) is 48.1 Å². The van der Waals surface area contributed by atoms with Crippen molar-refractivity contribution in [3.05, 3.63) is 78.0 Å². The summed E-state index contributed by atoms with van der Waals surface area (Å²) in [4.78, 5) is 13.4. The van der Waals surface area contributed by atoms with Crippen LogP contribution in [-0.4, -0.2) is 38.3 Å². The van der Waals surface area contributed by atoms with Gasteiger partial charge in [0.05, 0.1) is 35.5 Å². The second-order valence-corrected chi connectivity index (χ2v) is 8.61. The molecule has 166 valence electrons. The Hall–Kier alpha value is -3.23. The molecule has 7 nitrogen and oxygen atoms in total. The summed E-state index contributed by atoms with van der Waals surface area (Å²) in [6.45, 7) is 2.43. The minimum atomic E-state index is -1.39. The van der Waals surface area contributed by atoms with Crippen LogP contribution >= 0.6 is 0 Å². The normalized spacial score (nSPS) is 16.6. The minimum absolute atomic E-state index is 0.0153. The predicted octanol–water partition coefficient (Wildman–Crippen LogP) is 4.22. The van der Waals surface area contributed by atoms with Gasteiger partial charge in [-0.1, -0.05) is 30.3 Å². The standard InChI is InChI=1S/C24H24N2O5S/c1-2-30-24(28)22-17(16-32(29)18-8-4-3-5-9-18)11-12-19(23(22)27)20-13-14-25-26(20)21-10-6-7-15-31-21/h3-6,8-14,21,27H,2,7,15-16H2,1H3. The number of benzene rings is 2. The van der Waals surface area contributed by atoms with Crippen molar-refractivity contribution < 1.29 is 23.6 Å². The first-order valence-corrected chi connectivity index (χ1v) is 11.7. The third kappa shape index (κ3) is 4.51. The molecule has 0 spiro atoms. The van der Waals surface area contributed by atoms with E-state index in [0.717, 1.165) is 6.42 Å². The van der Waals surface area contributed by atoms with Gasteiger partial charge in [0.15, 0.2) is 6.23 Å². The number of phenolic OH excluding ortho intramolecular Hbond substituents is 1. The molecule has 1 N–H and O–H groups in total. The fourth-order valence-corrected chi connectivity index (χ4v) is 4.75. The summed E-state index contributed by atoms with van der Waals surface area (Å²) in [5, 5.41) is 15.5. The van der Waals surface area contributed by atoms with E-state index in [2.05, 4.69) is 5.10 Å². The molecule has 2 heterocycles. The van der Waals surface area contributed by atoms with Crippen LogP contribution in [0.15, 0.2) is 71.8 Å². The largest absolute Gasteiger partial charge is 0.506 e. The summed E-state index contributed by atoms with van der Waals surface area (Å²) in [6.07, 6.45) is 5.97. The molecule has 1 aliphatic heterocycles. The van der Waals surface area contributed by atoms with Crippen LogP contribution in [0.1, 0.15) is 35.5 Å². The SMILES string of the molecule is CCOC(=O)c1c(CS(=O)c2ccccc2)ccc(-c2ccnn2C2C=CCCO2)c1O. The molecule has 1 aromatic heterocycles. The lowest BCUT2D eigenvalue weighted by Crippen LogP contribution is -2.17. The molecular weight excluding hydrogens is 428 g/mol. The first-order valence-electron chi connectivity index (χ1n) is 10.4. The van der Waals surface area contributed by atoms with Crippen molar-refractivity contribution in [1.82, 2.24) is 9.78 Å². The maximum absolute atomic E-state index is 12.9. The third-order valence-corrected chi connectivity index (χ3v) is 6.47. The predicted molar refractivity (Wildman–Crippen MR) is 121 cm³/mol. The lowest BCUT2D eigenvalue weighted by molar-refractivity contribution is 0.0250. The number of nitrogens with zero attached hydrogens (tertiary/aromatic N) is 2. The van der Waals surface area contributed by atoms with Gasteiger partial charge >= 0.3 is 5.97 Å². The van der Waals surface area contributed by atoms with Crippen molar-refractivity contribution in [3.63, 3.8) is 0 Å². The van der Waals surface area contributed by atoms with Crippen molar-refractivity contribution >= 4 is 16.8 Å². The molecule has 0 aliphatic carbocycles. The Morgan fingerprint density at radius 3 is 2.78 bits per heavy atom. The van der Waals surface area contributed by atoms with E-state index in [1.807, 2.05) is 30.4 Å². The highest BCUT2D eigenvalue weighted by Gasteiger charge is 2.25. The maximum atomic E-state index is 12.9. The fraction of sp³-hybridized carbons (Fsp3) is 0.250. The smallest absolute Gasteiger partial charge is 0.342 e. The fourth-order valence-electron chi connectivity index (χ4n) is 3.60. The number of aromatic nitrogens is 2. The lowest BCUT2D eigenvalue weighted by atomic mass is 10.0. The van der Waals surface area contributed by atoms with Crippen LogP contribution in [0.25, 0.3) is 11.3 Å². The second kappa shape index (κ2) is 9.93. The summed E-state index contributed by atoms with van der Waals surface area (Å²) in [7, 11) is -1.39. The highest BCUT2D eigenvalue weighted by Crippen LogP contribution is 2.37. The van der Waals surface area contributed by atoms with Crippen LogP contribution < -0.4 is 0 Å². The molecule has 0 bridgehead atoms. The number of hydrogen-bond donors (Lipinski definition) is 1. The number of rotatable bonds is 7. The van der Waals surface area contributed by atoms with Crippen molar-refractivity contribution in [3.8, 4) is 17.0 Å². The van der Waals surface area contributed by atoms with E-state index in [-0.39, 0.29) is 23.7 Å². The van der Waals surface area contributed by atoms with Crippen LogP contribution in [0, 0.1) is 0 Å². The molecule has 2 atom stereocenters. The molecule has 0 saturated carbocycles. The zero-order valence-corrected chi connectivity index (χ0v) is 18.5. The van der Waals surface area contributed by atoms with Gasteiger partial charge in [0.2, 0.25) is 0 Å². The number of esters is 1. The van der Waals surface area contributed by atoms with Gasteiger partial charge in [0.1, 0.15) is 11.3 Å². The average molecular weight is 453 g/mol. The van der Waals surface area contributed by atoms with Gasteiger partial charge in [-0.25, -0.2) is 9.48 Å². The van der Waals surface area contributed by atoms with Gasteiger partial charge in [-0.2, -0.15) is 5.10 Å². The first-order chi connectivity index (χ1) is 15.6. The summed E-state index contributed by atoms with van der Waals surface area (Å²) < 4.78 is 25.5. The van der Waals surface area contributed by atoms with Crippen LogP contribution in [0.5, 0.6) is 5.75 Å². The third-order valence-electron chi connectivity index (χ3n) is 5.10. The molecule has 3 aromatic rings. The Labute approximate surface area is 188 Å². The van der Waals surface area contributed by atoms with Gasteiger partial charge in [-0.3, -0.25) is 4.21 Å². The van der Waals surface area contributed by atoms with Crippen molar-refractivity contribution in [2.24, 2.45) is 0 Å². The summed E-state index contributed by atoms with van der Waals surface area (Å²) in [5.74, 6) is -0.820. The monoisotopic (exact) mass is 452 g/mol. The van der Waals surface area contributed by atoms with Crippen LogP contribution in [0.2, 0.25) is 0 Å². The Kier molecular flexibility index (Phi) is 6.82. The molecule has 8 heteroatoms. The maximum Gasteiger partial charge on any atom is 0.342 e. The van der Waals surface area contributed by atoms with Crippen molar-refractivity contribution in [2.75, 3.05) is 13.2 Å². The Bertz CT molecular complexity index is 1160. The number of phenols is 1. The van der Waals surface area contributed by atoms with Crippen LogP contribution in [0.4, 0.5) is 0 Å². The lowest BCUT2D eigenvalue weighted by Gasteiger charge is -2.21. The molecule has 1 aliphatic rings. The molecular formula is C24H24N2O5S. The molecule has 0 saturated heterocycles. The molecule has 32 heavy (non-hydrogen) atoms.